The molecule has 0 saturated carbocycles. The summed E-state index contributed by atoms with van der Waals surface area (Å²) in [5.41, 5.74) is 0.826. The van der Waals surface area contributed by atoms with E-state index in [-0.39, 0.29) is 5.54 Å². The molecule has 1 heterocycles. The molecule has 0 aliphatic heterocycles. The van der Waals surface area contributed by atoms with Crippen molar-refractivity contribution in [1.82, 2.24) is 9.78 Å². The normalized spacial score (nSPS) is 11.4. The molecule has 0 N–H and O–H groups in total. The van der Waals surface area contributed by atoms with E-state index in [4.69, 9.17) is 21.1 Å². The first kappa shape index (κ1) is 21.3. The molecule has 29 heavy (non-hydrogen) atoms. The van der Waals surface area contributed by atoms with Gasteiger partial charge in [-0.2, -0.15) is 5.10 Å². The highest BCUT2D eigenvalue weighted by Gasteiger charge is 2.27. The summed E-state index contributed by atoms with van der Waals surface area (Å²) in [7, 11) is 1.56. The van der Waals surface area contributed by atoms with Crippen LogP contribution in [0.15, 0.2) is 58.3 Å². The standard InChI is InChI=1S/C22H23ClN2O3S/c1-14-19(29-18-11-9-16(23)10-12-18)20(25(24-14)22(2,3)4)28-21(26)15-7-6-8-17(13-15)27-5/h6-13H,1-5H3. The van der Waals surface area contributed by atoms with E-state index in [1.165, 1.54) is 11.8 Å². The Morgan fingerprint density at radius 1 is 1.14 bits per heavy atom. The summed E-state index contributed by atoms with van der Waals surface area (Å²) < 4.78 is 12.8. The Morgan fingerprint density at radius 2 is 1.83 bits per heavy atom. The van der Waals surface area contributed by atoms with Gasteiger partial charge in [-0.1, -0.05) is 29.4 Å². The van der Waals surface area contributed by atoms with E-state index in [0.29, 0.717) is 22.2 Å². The van der Waals surface area contributed by atoms with E-state index in [1.807, 2.05) is 52.0 Å². The fraction of sp³-hybridized carbons (Fsp3) is 0.273. The maximum atomic E-state index is 12.9. The van der Waals surface area contributed by atoms with Gasteiger partial charge >= 0.3 is 5.97 Å². The van der Waals surface area contributed by atoms with Crippen molar-refractivity contribution in [2.24, 2.45) is 0 Å². The Kier molecular flexibility index (Phi) is 6.24. The third kappa shape index (κ3) is 4.95. The zero-order valence-electron chi connectivity index (χ0n) is 17.0. The molecule has 5 nitrogen and oxygen atoms in total. The van der Waals surface area contributed by atoms with Crippen molar-refractivity contribution in [3.63, 3.8) is 0 Å². The van der Waals surface area contributed by atoms with Gasteiger partial charge < -0.3 is 9.47 Å². The van der Waals surface area contributed by atoms with Crippen LogP contribution in [0, 0.1) is 6.92 Å². The average Bonchev–Trinajstić information content (AvgIpc) is 2.99. The maximum Gasteiger partial charge on any atom is 0.345 e. The first-order chi connectivity index (χ1) is 13.7. The first-order valence-electron chi connectivity index (χ1n) is 9.09. The predicted molar refractivity (Wildman–Crippen MR) is 115 cm³/mol. The number of ether oxygens (including phenoxy) is 2. The van der Waals surface area contributed by atoms with Gasteiger partial charge in [0.1, 0.15) is 5.75 Å². The monoisotopic (exact) mass is 430 g/mol. The highest BCUT2D eigenvalue weighted by atomic mass is 35.5. The lowest BCUT2D eigenvalue weighted by molar-refractivity contribution is 0.0703. The topological polar surface area (TPSA) is 53.4 Å². The number of benzene rings is 2. The lowest BCUT2D eigenvalue weighted by Gasteiger charge is -2.22. The summed E-state index contributed by atoms with van der Waals surface area (Å²) in [4.78, 5) is 14.6. The molecule has 3 rings (SSSR count). The minimum atomic E-state index is -0.466. The number of carbonyl (C=O) groups excluding carboxylic acids is 1. The summed E-state index contributed by atoms with van der Waals surface area (Å²) in [5, 5.41) is 5.31. The smallest absolute Gasteiger partial charge is 0.345 e. The number of aromatic nitrogens is 2. The summed E-state index contributed by atoms with van der Waals surface area (Å²) in [6.45, 7) is 7.94. The molecule has 0 unspecified atom stereocenters. The second-order valence-corrected chi connectivity index (χ2v) is 9.00. The van der Waals surface area contributed by atoms with Gasteiger partial charge in [0.05, 0.1) is 28.8 Å². The van der Waals surface area contributed by atoms with E-state index in [9.17, 15) is 4.79 Å². The Hall–Kier alpha value is -2.44. The number of carbonyl (C=O) groups is 1. The van der Waals surface area contributed by atoms with Crippen LogP contribution < -0.4 is 9.47 Å². The van der Waals surface area contributed by atoms with Crippen LogP contribution in [-0.4, -0.2) is 22.9 Å². The van der Waals surface area contributed by atoms with Crippen LogP contribution in [0.25, 0.3) is 0 Å². The number of aryl methyl sites for hydroxylation is 1. The number of halogens is 1. The fourth-order valence-corrected chi connectivity index (χ4v) is 3.71. The first-order valence-corrected chi connectivity index (χ1v) is 10.3. The molecule has 3 aromatic rings. The Bertz CT molecular complexity index is 1020. The van der Waals surface area contributed by atoms with Crippen molar-refractivity contribution in [3.05, 3.63) is 64.8 Å². The Labute approximate surface area is 180 Å². The van der Waals surface area contributed by atoms with Crippen LogP contribution in [0.4, 0.5) is 0 Å². The van der Waals surface area contributed by atoms with Crippen molar-refractivity contribution >= 4 is 29.3 Å². The van der Waals surface area contributed by atoms with Crippen LogP contribution in [0.5, 0.6) is 11.6 Å². The van der Waals surface area contributed by atoms with Gasteiger partial charge in [0.25, 0.3) is 0 Å². The highest BCUT2D eigenvalue weighted by Crippen LogP contribution is 2.40. The maximum absolute atomic E-state index is 12.9. The molecule has 0 saturated heterocycles. The lowest BCUT2D eigenvalue weighted by atomic mass is 10.1. The molecule has 0 atom stereocenters. The highest BCUT2D eigenvalue weighted by molar-refractivity contribution is 7.99. The molecule has 0 fully saturated rings. The van der Waals surface area contributed by atoms with Crippen molar-refractivity contribution in [3.8, 4) is 11.6 Å². The van der Waals surface area contributed by atoms with Gasteiger partial charge in [-0.05, 0) is 70.2 Å². The quantitative estimate of drug-likeness (QED) is 0.466. The SMILES string of the molecule is COc1cccc(C(=O)Oc2c(Sc3ccc(Cl)cc3)c(C)nn2C(C)(C)C)c1. The van der Waals surface area contributed by atoms with Gasteiger partial charge in [-0.15, -0.1) is 0 Å². The van der Waals surface area contributed by atoms with E-state index < -0.39 is 5.97 Å². The van der Waals surface area contributed by atoms with E-state index in [1.54, 1.807) is 36.1 Å². The number of methoxy groups -OCH3 is 1. The van der Waals surface area contributed by atoms with Crippen molar-refractivity contribution in [2.75, 3.05) is 7.11 Å². The molecule has 0 bridgehead atoms. The Morgan fingerprint density at radius 3 is 2.45 bits per heavy atom. The molecule has 0 radical (unpaired) electrons. The average molecular weight is 431 g/mol. The van der Waals surface area contributed by atoms with Crippen molar-refractivity contribution in [1.29, 1.82) is 0 Å². The summed E-state index contributed by atoms with van der Waals surface area (Å²) in [5.74, 6) is 0.547. The van der Waals surface area contributed by atoms with E-state index >= 15 is 0 Å². The van der Waals surface area contributed by atoms with Crippen LogP contribution in [0.2, 0.25) is 5.02 Å². The summed E-state index contributed by atoms with van der Waals surface area (Å²) in [6, 6.07) is 14.4. The largest absolute Gasteiger partial charge is 0.497 e. The molecule has 0 spiro atoms. The number of hydrogen-bond donors (Lipinski definition) is 0. The number of rotatable bonds is 5. The third-order valence-electron chi connectivity index (χ3n) is 4.13. The van der Waals surface area contributed by atoms with Crippen LogP contribution in [0.1, 0.15) is 36.8 Å². The second kappa shape index (κ2) is 8.51. The van der Waals surface area contributed by atoms with Gasteiger partial charge in [0, 0.05) is 9.92 Å². The molecule has 152 valence electrons. The minimum absolute atomic E-state index is 0.368. The van der Waals surface area contributed by atoms with Crippen LogP contribution >= 0.6 is 23.4 Å². The molecule has 2 aromatic carbocycles. The summed E-state index contributed by atoms with van der Waals surface area (Å²) >= 11 is 7.48. The van der Waals surface area contributed by atoms with Crippen molar-refractivity contribution in [2.45, 2.75) is 43.0 Å². The lowest BCUT2D eigenvalue weighted by Crippen LogP contribution is -2.25. The van der Waals surface area contributed by atoms with Crippen LogP contribution in [0.3, 0.4) is 0 Å². The predicted octanol–water partition coefficient (Wildman–Crippen LogP) is 5.98. The zero-order valence-corrected chi connectivity index (χ0v) is 18.6. The third-order valence-corrected chi connectivity index (χ3v) is 5.56. The summed E-state index contributed by atoms with van der Waals surface area (Å²) in [6.07, 6.45) is 0. The molecular formula is C22H23ClN2O3S. The molecule has 1 aromatic heterocycles. The molecular weight excluding hydrogens is 408 g/mol. The molecule has 0 aliphatic carbocycles. The fourth-order valence-electron chi connectivity index (χ4n) is 2.67. The molecule has 7 heteroatoms. The van der Waals surface area contributed by atoms with Gasteiger partial charge in [0.15, 0.2) is 0 Å². The molecule has 0 amide bonds. The molecule has 0 aliphatic rings. The number of hydrogen-bond acceptors (Lipinski definition) is 5. The number of esters is 1. The number of nitrogens with zero attached hydrogens (tertiary/aromatic N) is 2. The van der Waals surface area contributed by atoms with E-state index in [0.717, 1.165) is 15.5 Å². The van der Waals surface area contributed by atoms with Crippen LogP contribution in [-0.2, 0) is 5.54 Å². The van der Waals surface area contributed by atoms with E-state index in [2.05, 4.69) is 5.10 Å². The zero-order chi connectivity index (χ0) is 21.2. The van der Waals surface area contributed by atoms with Crippen molar-refractivity contribution < 1.29 is 14.3 Å². The minimum Gasteiger partial charge on any atom is -0.497 e. The van der Waals surface area contributed by atoms with Gasteiger partial charge in [-0.25, -0.2) is 9.48 Å². The van der Waals surface area contributed by atoms with Gasteiger partial charge in [-0.3, -0.25) is 0 Å². The Balaban J connectivity index is 2.00. The second-order valence-electron chi connectivity index (χ2n) is 7.48. The van der Waals surface area contributed by atoms with Gasteiger partial charge in [0.2, 0.25) is 5.88 Å².